The molecule has 0 aliphatic carbocycles. The van der Waals surface area contributed by atoms with Crippen LogP contribution >= 0.6 is 11.6 Å². The number of imide groups is 1. The lowest BCUT2D eigenvalue weighted by Crippen LogP contribution is -2.56. The van der Waals surface area contributed by atoms with Crippen molar-refractivity contribution in [2.75, 3.05) is 31.5 Å². The Balaban J connectivity index is 1.28. The highest BCUT2D eigenvalue weighted by molar-refractivity contribution is 6.47. The minimum atomic E-state index is -1.98. The number of nitrogens with one attached hydrogen (secondary N) is 4. The zero-order chi connectivity index (χ0) is 37.1. The number of nitrogens with zero attached hydrogens (tertiary/aromatic N) is 2. The lowest BCUT2D eigenvalue weighted by Gasteiger charge is -2.31. The molecular weight excluding hydrogens is 705 g/mol. The largest absolute Gasteiger partial charge is 0.547 e. The monoisotopic (exact) mass is 732 g/mol. The number of carbonyl (C=O) groups excluding carboxylic acids is 4. The number of urea groups is 3. The average molecular weight is 733 g/mol. The maximum atomic E-state index is 14.6. The molecule has 9 N–H and O–H groups in total. The number of carboxylic acid groups (broad SMARTS) is 1. The van der Waals surface area contributed by atoms with Crippen LogP contribution in [-0.4, -0.2) is 104 Å². The van der Waals surface area contributed by atoms with Crippen LogP contribution in [0.1, 0.15) is 27.5 Å². The molecule has 2 atom stereocenters. The standard InChI is InChI=1S/C30H28BClF2N6O11/c32-21-16(12-18(34)23(42)24(21)43)22(26(44)37-19-11-13-1-6-17(33)20(27(45)46)25(13)51-31(19)50)38-29(48)40-10-9-39(30(40)49)8-7-35-28(47)36-14-2-4-15(41)5-3-14/h1-6,12,19,22,41-43,50H,7-11H2,(H,37,44)(H,38,48)(H,45,46)(H2,35,36,47)/t19-,22?/m0/s1. The van der Waals surface area contributed by atoms with Crippen molar-refractivity contribution in [3.8, 4) is 23.0 Å². The second-order valence-corrected chi connectivity index (χ2v) is 11.6. The summed E-state index contributed by atoms with van der Waals surface area (Å²) >= 11 is 6.13. The summed E-state index contributed by atoms with van der Waals surface area (Å²) in [7, 11) is -1.94. The van der Waals surface area contributed by atoms with E-state index in [1.54, 1.807) is 0 Å². The van der Waals surface area contributed by atoms with Gasteiger partial charge in [-0.1, -0.05) is 17.7 Å². The molecule has 0 bridgehead atoms. The van der Waals surface area contributed by atoms with E-state index in [0.29, 0.717) is 16.7 Å². The van der Waals surface area contributed by atoms with Crippen LogP contribution in [0.15, 0.2) is 42.5 Å². The summed E-state index contributed by atoms with van der Waals surface area (Å²) in [6.07, 6.45) is -0.299. The number of hydrogen-bond acceptors (Lipinski definition) is 10. The van der Waals surface area contributed by atoms with Gasteiger partial charge in [-0.2, -0.15) is 0 Å². The quantitative estimate of drug-likeness (QED) is 0.0873. The molecule has 17 nitrogen and oxygen atoms in total. The van der Waals surface area contributed by atoms with Gasteiger partial charge in [0, 0.05) is 37.4 Å². The fraction of sp³-hybridized carbons (Fsp3) is 0.233. The van der Waals surface area contributed by atoms with Crippen molar-refractivity contribution >= 4 is 54.4 Å². The van der Waals surface area contributed by atoms with Gasteiger partial charge in [0.2, 0.25) is 5.91 Å². The molecule has 21 heteroatoms. The Labute approximate surface area is 291 Å². The maximum absolute atomic E-state index is 14.6. The Morgan fingerprint density at radius 3 is 2.41 bits per heavy atom. The van der Waals surface area contributed by atoms with E-state index in [-0.39, 0.29) is 43.9 Å². The number of hydrogen-bond donors (Lipinski definition) is 9. The van der Waals surface area contributed by atoms with Gasteiger partial charge in [-0.05, 0) is 48.4 Å². The Morgan fingerprint density at radius 1 is 1.02 bits per heavy atom. The van der Waals surface area contributed by atoms with E-state index in [1.807, 2.05) is 0 Å². The van der Waals surface area contributed by atoms with E-state index in [4.69, 9.17) is 16.3 Å². The predicted molar refractivity (Wildman–Crippen MR) is 172 cm³/mol. The van der Waals surface area contributed by atoms with Gasteiger partial charge < -0.3 is 56.3 Å². The first-order chi connectivity index (χ1) is 24.2. The Kier molecular flexibility index (Phi) is 10.6. The number of anilines is 1. The average Bonchev–Trinajstić information content (AvgIpc) is 3.45. The summed E-state index contributed by atoms with van der Waals surface area (Å²) < 4.78 is 34.0. The molecule has 2 aliphatic rings. The van der Waals surface area contributed by atoms with Crippen LogP contribution in [0, 0.1) is 11.6 Å². The number of carboxylic acids is 1. The van der Waals surface area contributed by atoms with Gasteiger partial charge in [-0.3, -0.25) is 4.79 Å². The molecule has 3 aromatic rings. The Hall–Kier alpha value is -6.02. The number of benzene rings is 3. The van der Waals surface area contributed by atoms with Gasteiger partial charge >= 0.3 is 31.2 Å². The van der Waals surface area contributed by atoms with Crippen molar-refractivity contribution in [2.45, 2.75) is 18.4 Å². The lowest BCUT2D eigenvalue weighted by atomic mass is 9.72. The molecule has 2 aliphatic heterocycles. The summed E-state index contributed by atoms with van der Waals surface area (Å²) in [6, 6.07) is 3.67. The number of carbonyl (C=O) groups is 5. The van der Waals surface area contributed by atoms with Crippen molar-refractivity contribution in [3.63, 3.8) is 0 Å². The third-order valence-corrected chi connectivity index (χ3v) is 8.32. The smallest absolute Gasteiger partial charge is 0.534 e. The number of phenols is 3. The van der Waals surface area contributed by atoms with Crippen LogP contribution in [0.3, 0.4) is 0 Å². The normalized spacial score (nSPS) is 15.8. The zero-order valence-electron chi connectivity index (χ0n) is 26.0. The fourth-order valence-corrected chi connectivity index (χ4v) is 5.60. The number of phenolic OH excluding ortho intramolecular Hbond substituents is 3. The van der Waals surface area contributed by atoms with Crippen LogP contribution in [0.4, 0.5) is 28.9 Å². The van der Waals surface area contributed by atoms with Crippen molar-refractivity contribution < 1.29 is 62.9 Å². The summed E-state index contributed by atoms with van der Waals surface area (Å²) in [6.45, 7) is -0.236. The van der Waals surface area contributed by atoms with Gasteiger partial charge in [0.15, 0.2) is 17.3 Å². The van der Waals surface area contributed by atoms with E-state index in [1.165, 1.54) is 35.2 Å². The first kappa shape index (κ1) is 36.3. The minimum absolute atomic E-state index is 0.00530. The van der Waals surface area contributed by atoms with Crippen molar-refractivity contribution in [1.82, 2.24) is 25.8 Å². The molecule has 0 aromatic heterocycles. The predicted octanol–water partition coefficient (Wildman–Crippen LogP) is 1.88. The van der Waals surface area contributed by atoms with E-state index in [2.05, 4.69) is 21.3 Å². The third-order valence-electron chi connectivity index (χ3n) is 7.92. The maximum Gasteiger partial charge on any atom is 0.547 e. The molecule has 1 fully saturated rings. The second-order valence-electron chi connectivity index (χ2n) is 11.2. The number of aromatic hydroxyl groups is 3. The SMILES string of the molecule is O=C(NCCN1CCN(C(=O)NC(C(=O)N[C@H]2Cc3ccc(F)c(C(=O)O)c3OB2O)c2cc(F)c(O)c(O)c2Cl)C1=O)Nc1ccc(O)cc1. The fourth-order valence-electron chi connectivity index (χ4n) is 5.35. The number of amides is 7. The molecule has 51 heavy (non-hydrogen) atoms. The summed E-state index contributed by atoms with van der Waals surface area (Å²) in [5.41, 5.74) is -0.930. The van der Waals surface area contributed by atoms with Crippen molar-refractivity contribution in [1.29, 1.82) is 0 Å². The van der Waals surface area contributed by atoms with E-state index in [0.717, 1.165) is 6.07 Å². The molecule has 3 aromatic carbocycles. The summed E-state index contributed by atoms with van der Waals surface area (Å²) in [5, 5.41) is 58.2. The molecule has 2 heterocycles. The number of rotatable bonds is 9. The molecule has 1 unspecified atom stereocenters. The van der Waals surface area contributed by atoms with Crippen LogP contribution in [0.2, 0.25) is 5.02 Å². The van der Waals surface area contributed by atoms with Gasteiger partial charge in [-0.25, -0.2) is 32.9 Å². The second kappa shape index (κ2) is 14.8. The van der Waals surface area contributed by atoms with E-state index in [9.17, 15) is 58.2 Å². The van der Waals surface area contributed by atoms with Crippen molar-refractivity contribution in [2.24, 2.45) is 0 Å². The Bertz CT molecular complexity index is 1910. The molecular formula is C30H28BClF2N6O11. The van der Waals surface area contributed by atoms with Gasteiger partial charge in [0.05, 0.1) is 11.0 Å². The van der Waals surface area contributed by atoms with E-state index < -0.39 is 94.1 Å². The van der Waals surface area contributed by atoms with Crippen LogP contribution in [-0.2, 0) is 11.2 Å². The topological polar surface area (TPSA) is 250 Å². The van der Waals surface area contributed by atoms with Crippen molar-refractivity contribution in [3.05, 3.63) is 75.8 Å². The number of aromatic carboxylic acids is 1. The zero-order valence-corrected chi connectivity index (χ0v) is 26.8. The lowest BCUT2D eigenvalue weighted by molar-refractivity contribution is -0.123. The van der Waals surface area contributed by atoms with E-state index >= 15 is 0 Å². The molecule has 0 spiro atoms. The van der Waals surface area contributed by atoms with Crippen LogP contribution < -0.4 is 25.9 Å². The number of halogens is 3. The molecule has 0 saturated carbocycles. The highest BCUT2D eigenvalue weighted by Gasteiger charge is 2.42. The van der Waals surface area contributed by atoms with Gasteiger partial charge in [0.1, 0.15) is 28.9 Å². The highest BCUT2D eigenvalue weighted by Crippen LogP contribution is 2.40. The first-order valence-corrected chi connectivity index (χ1v) is 15.3. The summed E-state index contributed by atoms with van der Waals surface area (Å²) in [5.74, 6) is -9.65. The molecule has 0 radical (unpaired) electrons. The Morgan fingerprint density at radius 2 is 1.73 bits per heavy atom. The van der Waals surface area contributed by atoms with Gasteiger partial charge in [0.25, 0.3) is 0 Å². The third kappa shape index (κ3) is 7.76. The number of fused-ring (bicyclic) bond motifs is 1. The van der Waals surface area contributed by atoms with Crippen LogP contribution in [0.5, 0.6) is 23.0 Å². The first-order valence-electron chi connectivity index (χ1n) is 15.0. The minimum Gasteiger partial charge on any atom is -0.534 e. The van der Waals surface area contributed by atoms with Gasteiger partial charge in [-0.15, -0.1) is 0 Å². The highest BCUT2D eigenvalue weighted by atomic mass is 35.5. The molecule has 268 valence electrons. The molecule has 5 rings (SSSR count). The van der Waals surface area contributed by atoms with Crippen LogP contribution in [0.25, 0.3) is 0 Å². The summed E-state index contributed by atoms with van der Waals surface area (Å²) in [4.78, 5) is 65.8. The molecule has 7 amide bonds. The molecule has 1 saturated heterocycles.